The van der Waals surface area contributed by atoms with E-state index in [1.165, 1.54) is 30.3 Å². The van der Waals surface area contributed by atoms with E-state index in [1.54, 1.807) is 36.4 Å². The first kappa shape index (κ1) is 28.9. The van der Waals surface area contributed by atoms with Crippen molar-refractivity contribution in [3.63, 3.8) is 0 Å². The van der Waals surface area contributed by atoms with Crippen molar-refractivity contribution in [1.82, 2.24) is 15.0 Å². The average Bonchev–Trinajstić information content (AvgIpc) is 3.22. The summed E-state index contributed by atoms with van der Waals surface area (Å²) in [6.07, 6.45) is 0. The van der Waals surface area contributed by atoms with E-state index in [-0.39, 0.29) is 39.2 Å². The molecule has 1 aromatic heterocycles. The minimum absolute atomic E-state index is 0.0598. The van der Waals surface area contributed by atoms with E-state index in [1.807, 2.05) is 60.7 Å². The zero-order valence-corrected chi connectivity index (χ0v) is 24.2. The second-order valence-corrected chi connectivity index (χ2v) is 11.4. The first-order valence-corrected chi connectivity index (χ1v) is 14.7. The standard InChI is InChI=1S/C38H21F6N3/c39-36(40)31-29-14-8-7-13-27(29)28-20-19-26(21-30(28)32(31)37(41,42)38(36,43)44)35-46-33(24-11-5-2-6-12-24)45-34(47-35)25-17-15-23(16-18-25)22-9-3-1-4-10-22/h1-21H. The molecular formula is C38H21F6N3. The van der Waals surface area contributed by atoms with Crippen LogP contribution in [0.25, 0.3) is 66.8 Å². The van der Waals surface area contributed by atoms with Crippen LogP contribution in [0.4, 0.5) is 26.3 Å². The van der Waals surface area contributed by atoms with Gasteiger partial charge >= 0.3 is 17.8 Å². The SMILES string of the molecule is FC1(F)c2c(c3cc(-c4nc(-c5ccccc5)nc(-c5ccc(-c6ccccc6)cc5)n4)ccc3c3ccccc23)C(F)(F)C1(F)F. The molecule has 0 saturated heterocycles. The first-order valence-electron chi connectivity index (χ1n) is 14.7. The molecule has 0 spiro atoms. The number of fused-ring (bicyclic) bond motifs is 6. The topological polar surface area (TPSA) is 38.7 Å². The molecule has 0 aliphatic heterocycles. The van der Waals surface area contributed by atoms with Gasteiger partial charge in [-0.1, -0.05) is 121 Å². The maximum absolute atomic E-state index is 15.5. The van der Waals surface area contributed by atoms with Crippen LogP contribution < -0.4 is 0 Å². The van der Waals surface area contributed by atoms with Crippen molar-refractivity contribution in [2.45, 2.75) is 17.8 Å². The Morgan fingerprint density at radius 1 is 0.340 bits per heavy atom. The first-order chi connectivity index (χ1) is 22.6. The molecule has 0 fully saturated rings. The van der Waals surface area contributed by atoms with Crippen LogP contribution in [0, 0.1) is 0 Å². The van der Waals surface area contributed by atoms with E-state index in [9.17, 15) is 8.78 Å². The molecule has 0 saturated carbocycles. The van der Waals surface area contributed by atoms with E-state index in [2.05, 4.69) is 15.0 Å². The number of hydrogen-bond donors (Lipinski definition) is 0. The van der Waals surface area contributed by atoms with Gasteiger partial charge in [0.25, 0.3) is 0 Å². The van der Waals surface area contributed by atoms with Crippen molar-refractivity contribution in [1.29, 1.82) is 0 Å². The smallest absolute Gasteiger partial charge is 0.208 e. The summed E-state index contributed by atoms with van der Waals surface area (Å²) in [7, 11) is 0. The number of aromatic nitrogens is 3. The van der Waals surface area contributed by atoms with Gasteiger partial charge in [-0.25, -0.2) is 15.0 Å². The second-order valence-electron chi connectivity index (χ2n) is 11.4. The van der Waals surface area contributed by atoms with Crippen molar-refractivity contribution in [2.75, 3.05) is 0 Å². The molecule has 0 amide bonds. The van der Waals surface area contributed by atoms with Crippen LogP contribution in [-0.4, -0.2) is 20.9 Å². The van der Waals surface area contributed by atoms with Gasteiger partial charge in [0.2, 0.25) is 0 Å². The second kappa shape index (κ2) is 10.2. The molecule has 9 heteroatoms. The summed E-state index contributed by atoms with van der Waals surface area (Å²) in [4.78, 5) is 14.0. The van der Waals surface area contributed by atoms with Crippen LogP contribution in [0.5, 0.6) is 0 Å². The van der Waals surface area contributed by atoms with E-state index >= 15 is 17.6 Å². The summed E-state index contributed by atoms with van der Waals surface area (Å²) in [5.74, 6) is -15.3. The fraction of sp³-hybridized carbons (Fsp3) is 0.0789. The van der Waals surface area contributed by atoms with E-state index < -0.39 is 34.3 Å². The number of rotatable bonds is 4. The zero-order valence-electron chi connectivity index (χ0n) is 24.2. The highest BCUT2D eigenvalue weighted by Gasteiger charge is 2.79. The quantitative estimate of drug-likeness (QED) is 0.143. The average molecular weight is 634 g/mol. The predicted molar refractivity (Wildman–Crippen MR) is 169 cm³/mol. The Kier molecular flexibility index (Phi) is 6.28. The van der Waals surface area contributed by atoms with Crippen molar-refractivity contribution < 1.29 is 26.3 Å². The molecule has 8 rings (SSSR count). The molecule has 6 aromatic carbocycles. The molecule has 47 heavy (non-hydrogen) atoms. The lowest BCUT2D eigenvalue weighted by molar-refractivity contribution is -0.301. The molecule has 0 N–H and O–H groups in total. The Hall–Kier alpha value is -5.57. The molecule has 230 valence electrons. The van der Waals surface area contributed by atoms with Crippen LogP contribution in [0.1, 0.15) is 11.1 Å². The monoisotopic (exact) mass is 633 g/mol. The number of alkyl halides is 6. The lowest BCUT2D eigenvalue weighted by Crippen LogP contribution is -2.43. The Balaban J connectivity index is 1.36. The molecule has 0 bridgehead atoms. The van der Waals surface area contributed by atoms with Crippen molar-refractivity contribution in [3.05, 3.63) is 139 Å². The highest BCUT2D eigenvalue weighted by Crippen LogP contribution is 2.66. The van der Waals surface area contributed by atoms with E-state index in [4.69, 9.17) is 0 Å². The fourth-order valence-corrected chi connectivity index (χ4v) is 6.29. The molecule has 0 atom stereocenters. The van der Waals surface area contributed by atoms with Gasteiger partial charge in [-0.3, -0.25) is 0 Å². The molecule has 1 aliphatic carbocycles. The normalized spacial score (nSPS) is 16.0. The van der Waals surface area contributed by atoms with Crippen LogP contribution >= 0.6 is 0 Å². The van der Waals surface area contributed by atoms with Gasteiger partial charge in [-0.15, -0.1) is 0 Å². The number of nitrogens with zero attached hydrogens (tertiary/aromatic N) is 3. The predicted octanol–water partition coefficient (Wildman–Crippen LogP) is 10.7. The van der Waals surface area contributed by atoms with Crippen molar-refractivity contribution in [3.8, 4) is 45.3 Å². The summed E-state index contributed by atoms with van der Waals surface area (Å²) < 4.78 is 91.1. The van der Waals surface area contributed by atoms with Crippen LogP contribution in [-0.2, 0) is 11.8 Å². The van der Waals surface area contributed by atoms with Gasteiger partial charge in [-0.2, -0.15) is 26.3 Å². The van der Waals surface area contributed by atoms with Gasteiger partial charge in [0.1, 0.15) is 0 Å². The zero-order chi connectivity index (χ0) is 32.6. The molecule has 0 unspecified atom stereocenters. The van der Waals surface area contributed by atoms with Gasteiger partial charge < -0.3 is 0 Å². The Morgan fingerprint density at radius 2 is 0.723 bits per heavy atom. The van der Waals surface area contributed by atoms with Gasteiger partial charge in [0, 0.05) is 27.8 Å². The van der Waals surface area contributed by atoms with Crippen molar-refractivity contribution in [2.24, 2.45) is 0 Å². The van der Waals surface area contributed by atoms with Crippen LogP contribution in [0.3, 0.4) is 0 Å². The fourth-order valence-electron chi connectivity index (χ4n) is 6.29. The maximum Gasteiger partial charge on any atom is 0.380 e. The van der Waals surface area contributed by atoms with Gasteiger partial charge in [-0.05, 0) is 38.7 Å². The molecule has 0 radical (unpaired) electrons. The number of benzene rings is 6. The third-order valence-corrected chi connectivity index (χ3v) is 8.62. The van der Waals surface area contributed by atoms with Crippen molar-refractivity contribution >= 4 is 21.5 Å². The molecule has 1 heterocycles. The summed E-state index contributed by atoms with van der Waals surface area (Å²) in [6, 6.07) is 36.1. The minimum atomic E-state index is -5.64. The molecule has 3 nitrogen and oxygen atoms in total. The van der Waals surface area contributed by atoms with E-state index in [0.29, 0.717) is 11.1 Å². The highest BCUT2D eigenvalue weighted by atomic mass is 19.3. The summed E-state index contributed by atoms with van der Waals surface area (Å²) in [6.45, 7) is 0. The lowest BCUT2D eigenvalue weighted by atomic mass is 9.90. The Labute approximate surface area is 264 Å². The van der Waals surface area contributed by atoms with Crippen LogP contribution in [0.15, 0.2) is 127 Å². The molecular weight excluding hydrogens is 612 g/mol. The summed E-state index contributed by atoms with van der Waals surface area (Å²) in [5, 5.41) is -0.489. The van der Waals surface area contributed by atoms with Crippen LogP contribution in [0.2, 0.25) is 0 Å². The lowest BCUT2D eigenvalue weighted by Gasteiger charge is -2.23. The molecule has 7 aromatic rings. The third-order valence-electron chi connectivity index (χ3n) is 8.62. The number of halogens is 6. The Morgan fingerprint density at radius 3 is 1.32 bits per heavy atom. The summed E-state index contributed by atoms with van der Waals surface area (Å²) in [5.41, 5.74) is 0.693. The van der Waals surface area contributed by atoms with Gasteiger partial charge in [0.05, 0.1) is 0 Å². The maximum atomic E-state index is 15.5. The molecule has 1 aliphatic rings. The third kappa shape index (κ3) is 4.26. The van der Waals surface area contributed by atoms with E-state index in [0.717, 1.165) is 11.1 Å². The van der Waals surface area contributed by atoms with Gasteiger partial charge in [0.15, 0.2) is 17.5 Å². The number of hydrogen-bond acceptors (Lipinski definition) is 3. The largest absolute Gasteiger partial charge is 0.380 e. The summed E-state index contributed by atoms with van der Waals surface area (Å²) >= 11 is 0. The minimum Gasteiger partial charge on any atom is -0.208 e. The Bertz CT molecular complexity index is 2320. The highest BCUT2D eigenvalue weighted by molar-refractivity contribution is 6.12.